The van der Waals surface area contributed by atoms with Gasteiger partial charge in [-0.15, -0.1) is 0 Å². The normalized spacial score (nSPS) is 16.1. The molecule has 1 unspecified atom stereocenters. The zero-order valence-corrected chi connectivity index (χ0v) is 16.2. The third-order valence-corrected chi connectivity index (χ3v) is 4.59. The molecule has 1 heterocycles. The van der Waals surface area contributed by atoms with Crippen LogP contribution in [0.5, 0.6) is 5.75 Å². The number of amides is 2. The van der Waals surface area contributed by atoms with Crippen LogP contribution < -0.4 is 15.0 Å². The Morgan fingerprint density at radius 2 is 1.96 bits per heavy atom. The second-order valence-electron chi connectivity index (χ2n) is 7.00. The van der Waals surface area contributed by atoms with E-state index in [9.17, 15) is 9.59 Å². The van der Waals surface area contributed by atoms with E-state index < -0.39 is 6.10 Å². The van der Waals surface area contributed by atoms with Crippen LogP contribution in [0.15, 0.2) is 42.5 Å². The summed E-state index contributed by atoms with van der Waals surface area (Å²) in [5.74, 6) is 0.377. The second-order valence-corrected chi connectivity index (χ2v) is 7.00. The highest BCUT2D eigenvalue weighted by Gasteiger charge is 2.31. The van der Waals surface area contributed by atoms with Crippen LogP contribution >= 0.6 is 0 Å². The molecule has 0 radical (unpaired) electrons. The van der Waals surface area contributed by atoms with Gasteiger partial charge in [0.2, 0.25) is 0 Å². The van der Waals surface area contributed by atoms with Crippen LogP contribution in [0.25, 0.3) is 0 Å². The number of nitrogens with one attached hydrogen (secondary N) is 1. The quantitative estimate of drug-likeness (QED) is 0.883. The van der Waals surface area contributed by atoms with Crippen LogP contribution in [0.2, 0.25) is 0 Å². The lowest BCUT2D eigenvalue weighted by Crippen LogP contribution is -2.46. The first-order chi connectivity index (χ1) is 12.9. The molecule has 6 heteroatoms. The van der Waals surface area contributed by atoms with Gasteiger partial charge in [-0.1, -0.05) is 18.2 Å². The van der Waals surface area contributed by atoms with E-state index in [2.05, 4.69) is 5.32 Å². The maximum absolute atomic E-state index is 12.5. The molecule has 0 fully saturated rings. The lowest BCUT2D eigenvalue weighted by Gasteiger charge is -2.34. The van der Waals surface area contributed by atoms with Gasteiger partial charge in [0.05, 0.1) is 5.69 Å². The number of carbonyl (C=O) groups is 2. The number of aryl methyl sites for hydroxylation is 1. The monoisotopic (exact) mass is 367 g/mol. The number of rotatable bonds is 5. The van der Waals surface area contributed by atoms with E-state index in [0.717, 1.165) is 17.8 Å². The Balaban J connectivity index is 1.83. The van der Waals surface area contributed by atoms with Crippen molar-refractivity contribution in [1.82, 2.24) is 4.90 Å². The molecular formula is C21H25N3O3. The first-order valence-corrected chi connectivity index (χ1v) is 9.00. The minimum atomic E-state index is -0.554. The number of benzene rings is 2. The molecule has 1 N–H and O–H groups in total. The van der Waals surface area contributed by atoms with E-state index in [1.807, 2.05) is 50.2 Å². The second kappa shape index (κ2) is 7.80. The Bertz CT molecular complexity index is 864. The zero-order chi connectivity index (χ0) is 19.6. The molecule has 1 atom stereocenters. The minimum absolute atomic E-state index is 0.0546. The third-order valence-electron chi connectivity index (χ3n) is 4.59. The highest BCUT2D eigenvalue weighted by atomic mass is 16.5. The van der Waals surface area contributed by atoms with Gasteiger partial charge in [0.15, 0.2) is 6.10 Å². The molecular weight excluding hydrogens is 342 g/mol. The Morgan fingerprint density at radius 1 is 1.22 bits per heavy atom. The molecule has 0 bridgehead atoms. The van der Waals surface area contributed by atoms with Gasteiger partial charge in [0, 0.05) is 30.4 Å². The lowest BCUT2D eigenvalue weighted by atomic mass is 10.1. The summed E-state index contributed by atoms with van der Waals surface area (Å²) in [5, 5.41) is 2.91. The summed E-state index contributed by atoms with van der Waals surface area (Å²) in [5.41, 5.74) is 2.91. The average Bonchev–Trinajstić information content (AvgIpc) is 2.62. The van der Waals surface area contributed by atoms with Crippen LogP contribution in [0.4, 0.5) is 11.4 Å². The van der Waals surface area contributed by atoms with Crippen molar-refractivity contribution < 1.29 is 14.3 Å². The fraction of sp³-hybridized carbons (Fsp3) is 0.333. The number of carbonyl (C=O) groups excluding carboxylic acids is 2. The Hall–Kier alpha value is -2.86. The molecule has 3 rings (SSSR count). The fourth-order valence-electron chi connectivity index (χ4n) is 3.05. The molecule has 2 aromatic rings. The molecule has 6 nitrogen and oxygen atoms in total. The highest BCUT2D eigenvalue weighted by Crippen LogP contribution is 2.36. The van der Waals surface area contributed by atoms with Crippen LogP contribution in [0.3, 0.4) is 0 Å². The summed E-state index contributed by atoms with van der Waals surface area (Å²) in [4.78, 5) is 28.8. The number of hydrogen-bond acceptors (Lipinski definition) is 4. The Kier molecular flexibility index (Phi) is 5.46. The maximum Gasteiger partial charge on any atom is 0.267 e. The summed E-state index contributed by atoms with van der Waals surface area (Å²) in [6.07, 6.45) is -0.554. The predicted molar refractivity (Wildman–Crippen MR) is 107 cm³/mol. The van der Waals surface area contributed by atoms with Gasteiger partial charge in [0.25, 0.3) is 11.8 Å². The van der Waals surface area contributed by atoms with Crippen molar-refractivity contribution in [2.45, 2.75) is 20.0 Å². The smallest absolute Gasteiger partial charge is 0.267 e. The summed E-state index contributed by atoms with van der Waals surface area (Å²) in [6, 6.07) is 12.8. The van der Waals surface area contributed by atoms with Gasteiger partial charge >= 0.3 is 0 Å². The van der Waals surface area contributed by atoms with Gasteiger partial charge in [0.1, 0.15) is 5.75 Å². The summed E-state index contributed by atoms with van der Waals surface area (Å²) in [7, 11) is 3.94. The van der Waals surface area contributed by atoms with E-state index >= 15 is 0 Å². The number of hydrogen-bond donors (Lipinski definition) is 1. The van der Waals surface area contributed by atoms with Crippen molar-refractivity contribution in [3.8, 4) is 5.75 Å². The summed E-state index contributed by atoms with van der Waals surface area (Å²) < 4.78 is 5.78. The SMILES string of the molecule is Cc1ccccc1C(=O)Nc1ccc2c(c1)OC(C)C(=O)N2CCN(C)C. The van der Waals surface area contributed by atoms with Crippen molar-refractivity contribution in [3.63, 3.8) is 0 Å². The molecule has 2 amide bonds. The van der Waals surface area contributed by atoms with E-state index in [1.54, 1.807) is 30.0 Å². The predicted octanol–water partition coefficient (Wildman–Crippen LogP) is 2.92. The van der Waals surface area contributed by atoms with Gasteiger partial charge in [-0.3, -0.25) is 9.59 Å². The van der Waals surface area contributed by atoms with E-state index in [-0.39, 0.29) is 11.8 Å². The molecule has 1 aliphatic rings. The van der Waals surface area contributed by atoms with Crippen LogP contribution in [0.1, 0.15) is 22.8 Å². The molecule has 1 aliphatic heterocycles. The zero-order valence-electron chi connectivity index (χ0n) is 16.2. The van der Waals surface area contributed by atoms with E-state index in [1.165, 1.54) is 0 Å². The molecule has 0 aliphatic carbocycles. The number of anilines is 2. The van der Waals surface area contributed by atoms with Crippen molar-refractivity contribution in [3.05, 3.63) is 53.6 Å². The number of ether oxygens (including phenoxy) is 1. The van der Waals surface area contributed by atoms with Crippen molar-refractivity contribution in [1.29, 1.82) is 0 Å². The van der Waals surface area contributed by atoms with Gasteiger partial charge < -0.3 is 19.9 Å². The molecule has 0 saturated carbocycles. The Labute approximate surface area is 159 Å². The summed E-state index contributed by atoms with van der Waals surface area (Å²) in [6.45, 7) is 4.98. The van der Waals surface area contributed by atoms with Crippen LogP contribution in [0, 0.1) is 6.92 Å². The van der Waals surface area contributed by atoms with E-state index in [0.29, 0.717) is 23.5 Å². The van der Waals surface area contributed by atoms with Gasteiger partial charge in [-0.05, 0) is 51.7 Å². The number of likely N-dealkylation sites (N-methyl/N-ethyl adjacent to an activating group) is 1. The van der Waals surface area contributed by atoms with Gasteiger partial charge in [-0.25, -0.2) is 0 Å². The topological polar surface area (TPSA) is 61.9 Å². The highest BCUT2D eigenvalue weighted by molar-refractivity contribution is 6.06. The first-order valence-electron chi connectivity index (χ1n) is 9.00. The van der Waals surface area contributed by atoms with E-state index in [4.69, 9.17) is 4.74 Å². The third kappa shape index (κ3) is 4.11. The number of fused-ring (bicyclic) bond motifs is 1. The average molecular weight is 367 g/mol. The van der Waals surface area contributed by atoms with Crippen molar-refractivity contribution >= 4 is 23.2 Å². The molecule has 0 spiro atoms. The largest absolute Gasteiger partial charge is 0.479 e. The Morgan fingerprint density at radius 3 is 2.67 bits per heavy atom. The van der Waals surface area contributed by atoms with Gasteiger partial charge in [-0.2, -0.15) is 0 Å². The number of nitrogens with zero attached hydrogens (tertiary/aromatic N) is 2. The standard InChI is InChI=1S/C21H25N3O3/c1-14-7-5-6-8-17(14)20(25)22-16-9-10-18-19(13-16)27-15(2)21(26)24(18)12-11-23(3)4/h5-10,13,15H,11-12H2,1-4H3,(H,22,25). The first kappa shape index (κ1) is 18.9. The van der Waals surface area contributed by atoms with Crippen molar-refractivity contribution in [2.24, 2.45) is 0 Å². The van der Waals surface area contributed by atoms with Crippen molar-refractivity contribution in [2.75, 3.05) is 37.4 Å². The maximum atomic E-state index is 12.5. The molecule has 0 aromatic heterocycles. The molecule has 27 heavy (non-hydrogen) atoms. The lowest BCUT2D eigenvalue weighted by molar-refractivity contribution is -0.125. The summed E-state index contributed by atoms with van der Waals surface area (Å²) >= 11 is 0. The minimum Gasteiger partial charge on any atom is -0.479 e. The molecule has 0 saturated heterocycles. The van der Waals surface area contributed by atoms with Crippen LogP contribution in [-0.2, 0) is 4.79 Å². The molecule has 2 aromatic carbocycles. The molecule has 142 valence electrons. The fourth-order valence-corrected chi connectivity index (χ4v) is 3.05. The van der Waals surface area contributed by atoms with Crippen LogP contribution in [-0.4, -0.2) is 50.0 Å².